The third-order valence-corrected chi connectivity index (χ3v) is 7.43. The van der Waals surface area contributed by atoms with Crippen LogP contribution in [0.1, 0.15) is 36.0 Å². The van der Waals surface area contributed by atoms with Crippen molar-refractivity contribution in [3.05, 3.63) is 88.2 Å². The number of hydrogen-bond donors (Lipinski definition) is 3. The number of halogens is 2. The second-order valence-electron chi connectivity index (χ2n) is 9.39. The molecule has 0 bridgehead atoms. The minimum atomic E-state index is -4.34. The lowest BCUT2D eigenvalue weighted by Gasteiger charge is -2.19. The Hall–Kier alpha value is -3.03. The first-order valence-corrected chi connectivity index (χ1v) is 14.4. The Kier molecular flexibility index (Phi) is 9.00. The van der Waals surface area contributed by atoms with Crippen molar-refractivity contribution in [2.24, 2.45) is 0 Å². The van der Waals surface area contributed by atoms with Crippen LogP contribution in [0.25, 0.3) is 11.1 Å². The molecule has 10 heteroatoms. The van der Waals surface area contributed by atoms with Crippen LogP contribution in [-0.4, -0.2) is 33.9 Å². The lowest BCUT2D eigenvalue weighted by molar-refractivity contribution is -0.135. The van der Waals surface area contributed by atoms with Crippen molar-refractivity contribution in [1.29, 1.82) is 0 Å². The molecular formula is C28H28ClFNO6P. The number of carbonyl (C=O) groups excluding carboxylic acids is 2. The molecule has 4 rings (SSSR count). The van der Waals surface area contributed by atoms with Gasteiger partial charge in [-0.15, -0.1) is 0 Å². The molecule has 0 saturated carbocycles. The highest BCUT2D eigenvalue weighted by Gasteiger charge is 2.22. The van der Waals surface area contributed by atoms with E-state index in [0.29, 0.717) is 21.9 Å². The van der Waals surface area contributed by atoms with Crippen molar-refractivity contribution in [3.8, 4) is 16.9 Å². The largest absolute Gasteiger partial charge is 0.426 e. The number of hydrogen-bond acceptors (Lipinski definition) is 4. The molecule has 7 nitrogen and oxygen atoms in total. The number of esters is 1. The summed E-state index contributed by atoms with van der Waals surface area (Å²) in [6, 6.07) is 16.1. The number of ether oxygens (including phenoxy) is 1. The quantitative estimate of drug-likeness (QED) is 0.178. The second-order valence-corrected chi connectivity index (χ2v) is 11.6. The minimum Gasteiger partial charge on any atom is -0.426 e. The summed E-state index contributed by atoms with van der Waals surface area (Å²) in [5, 5.41) is 3.11. The van der Waals surface area contributed by atoms with Gasteiger partial charge in [0.1, 0.15) is 11.6 Å². The fourth-order valence-corrected chi connectivity index (χ4v) is 5.20. The minimum absolute atomic E-state index is 0.149. The molecule has 0 radical (unpaired) electrons. The summed E-state index contributed by atoms with van der Waals surface area (Å²) in [7, 11) is -4.34. The Bertz CT molecular complexity index is 1370. The fourth-order valence-electron chi connectivity index (χ4n) is 4.53. The van der Waals surface area contributed by atoms with Crippen molar-refractivity contribution < 1.29 is 33.1 Å². The van der Waals surface area contributed by atoms with Gasteiger partial charge in [-0.1, -0.05) is 41.9 Å². The molecule has 1 atom stereocenters. The zero-order chi connectivity index (χ0) is 27.3. The summed E-state index contributed by atoms with van der Waals surface area (Å²) in [4.78, 5) is 43.4. The van der Waals surface area contributed by atoms with E-state index in [0.717, 1.165) is 30.4 Å². The van der Waals surface area contributed by atoms with E-state index < -0.39 is 37.5 Å². The van der Waals surface area contributed by atoms with Crippen LogP contribution in [0.15, 0.2) is 60.7 Å². The van der Waals surface area contributed by atoms with E-state index >= 15 is 0 Å². The zero-order valence-electron chi connectivity index (χ0n) is 20.5. The van der Waals surface area contributed by atoms with Gasteiger partial charge < -0.3 is 19.8 Å². The third-order valence-electron chi connectivity index (χ3n) is 6.39. The Labute approximate surface area is 225 Å². The first-order valence-electron chi connectivity index (χ1n) is 12.3. The lowest BCUT2D eigenvalue weighted by atomic mass is 9.99. The first-order chi connectivity index (χ1) is 18.1. The molecule has 0 saturated heterocycles. The maximum atomic E-state index is 14.2. The van der Waals surface area contributed by atoms with Crippen molar-refractivity contribution in [2.45, 2.75) is 44.6 Å². The van der Waals surface area contributed by atoms with E-state index in [1.807, 2.05) is 12.1 Å². The monoisotopic (exact) mass is 559 g/mol. The maximum Gasteiger partial charge on any atom is 0.326 e. The van der Waals surface area contributed by atoms with Gasteiger partial charge in [0.25, 0.3) is 0 Å². The van der Waals surface area contributed by atoms with Crippen LogP contribution >= 0.6 is 19.2 Å². The highest BCUT2D eigenvalue weighted by atomic mass is 35.5. The van der Waals surface area contributed by atoms with E-state index in [4.69, 9.17) is 26.1 Å². The Balaban J connectivity index is 1.45. The van der Waals surface area contributed by atoms with Gasteiger partial charge in [0.15, 0.2) is 0 Å². The lowest BCUT2D eigenvalue weighted by Crippen LogP contribution is -2.39. The van der Waals surface area contributed by atoms with E-state index in [2.05, 4.69) is 5.32 Å². The molecule has 3 aromatic rings. The number of carbonyl (C=O) groups is 2. The average Bonchev–Trinajstić information content (AvgIpc) is 3.32. The van der Waals surface area contributed by atoms with Gasteiger partial charge in [0.05, 0.1) is 12.6 Å². The molecule has 1 unspecified atom stereocenters. The van der Waals surface area contributed by atoms with Gasteiger partial charge in [-0.3, -0.25) is 14.2 Å². The molecule has 1 aliphatic carbocycles. The summed E-state index contributed by atoms with van der Waals surface area (Å²) in [5.41, 5.74) is 4.15. The standard InChI is InChI=1S/C28H28ClFNO6P/c29-22-9-11-26(30)25(16-22)20-6-4-18(5-7-20)14-23(31-27(32)12-13-38(34,35)36)17-28(33)37-24-10-8-19-2-1-3-21(19)15-24/h4-11,15-16,23H,1-3,12-14,17H2,(H,31,32)(H2,34,35,36). The summed E-state index contributed by atoms with van der Waals surface area (Å²) in [6.07, 6.45) is 2.14. The number of rotatable bonds is 10. The van der Waals surface area contributed by atoms with Crippen LogP contribution in [0.5, 0.6) is 5.75 Å². The Morgan fingerprint density at radius 1 is 1.03 bits per heavy atom. The molecule has 3 aromatic carbocycles. The predicted molar refractivity (Wildman–Crippen MR) is 143 cm³/mol. The average molecular weight is 560 g/mol. The molecule has 0 aliphatic heterocycles. The number of aryl methyl sites for hydroxylation is 2. The summed E-state index contributed by atoms with van der Waals surface area (Å²) >= 11 is 6.00. The first kappa shape index (κ1) is 28.0. The Morgan fingerprint density at radius 3 is 2.50 bits per heavy atom. The fraction of sp³-hybridized carbons (Fsp3) is 0.286. The van der Waals surface area contributed by atoms with Crippen LogP contribution in [-0.2, 0) is 33.4 Å². The molecule has 200 valence electrons. The molecule has 0 aromatic heterocycles. The smallest absolute Gasteiger partial charge is 0.326 e. The third kappa shape index (κ3) is 7.98. The van der Waals surface area contributed by atoms with Gasteiger partial charge in [-0.25, -0.2) is 4.39 Å². The van der Waals surface area contributed by atoms with Gasteiger partial charge >= 0.3 is 13.6 Å². The highest BCUT2D eigenvalue weighted by Crippen LogP contribution is 2.34. The van der Waals surface area contributed by atoms with Gasteiger partial charge in [-0.2, -0.15) is 0 Å². The summed E-state index contributed by atoms with van der Waals surface area (Å²) in [5.74, 6) is -1.09. The van der Waals surface area contributed by atoms with Crippen LogP contribution in [0, 0.1) is 5.82 Å². The van der Waals surface area contributed by atoms with E-state index in [-0.39, 0.29) is 19.3 Å². The Morgan fingerprint density at radius 2 is 1.76 bits per heavy atom. The normalized spacial score (nSPS) is 13.6. The molecule has 0 fully saturated rings. The van der Waals surface area contributed by atoms with Crippen molar-refractivity contribution >= 4 is 31.1 Å². The van der Waals surface area contributed by atoms with Crippen molar-refractivity contribution in [1.82, 2.24) is 5.32 Å². The van der Waals surface area contributed by atoms with E-state index in [1.54, 1.807) is 30.3 Å². The van der Waals surface area contributed by atoms with E-state index in [1.165, 1.54) is 23.8 Å². The highest BCUT2D eigenvalue weighted by molar-refractivity contribution is 7.51. The van der Waals surface area contributed by atoms with Crippen LogP contribution in [0.2, 0.25) is 5.02 Å². The SMILES string of the molecule is O=C(CCP(=O)(O)O)NC(CC(=O)Oc1ccc2c(c1)CCC2)Cc1ccc(-c2cc(Cl)ccc2F)cc1. The summed E-state index contributed by atoms with van der Waals surface area (Å²) in [6.45, 7) is 0. The number of benzene rings is 3. The predicted octanol–water partition coefficient (Wildman–Crippen LogP) is 5.23. The molecule has 0 heterocycles. The number of fused-ring (bicyclic) bond motifs is 1. The van der Waals surface area contributed by atoms with Gasteiger partial charge in [-0.05, 0) is 78.3 Å². The van der Waals surface area contributed by atoms with Crippen LogP contribution in [0.4, 0.5) is 4.39 Å². The molecular weight excluding hydrogens is 532 g/mol. The number of nitrogens with one attached hydrogen (secondary N) is 1. The molecule has 1 amide bonds. The second kappa shape index (κ2) is 12.2. The van der Waals surface area contributed by atoms with Crippen LogP contribution < -0.4 is 10.1 Å². The van der Waals surface area contributed by atoms with E-state index in [9.17, 15) is 18.5 Å². The zero-order valence-corrected chi connectivity index (χ0v) is 22.2. The topological polar surface area (TPSA) is 113 Å². The van der Waals surface area contributed by atoms with Crippen molar-refractivity contribution in [2.75, 3.05) is 6.16 Å². The van der Waals surface area contributed by atoms with Gasteiger partial charge in [0.2, 0.25) is 5.91 Å². The van der Waals surface area contributed by atoms with Crippen LogP contribution in [0.3, 0.4) is 0 Å². The number of amides is 1. The summed E-state index contributed by atoms with van der Waals surface area (Å²) < 4.78 is 31.0. The molecule has 1 aliphatic rings. The molecule has 38 heavy (non-hydrogen) atoms. The van der Waals surface area contributed by atoms with Crippen molar-refractivity contribution in [3.63, 3.8) is 0 Å². The van der Waals surface area contributed by atoms with Gasteiger partial charge in [0, 0.05) is 23.0 Å². The molecule has 0 spiro atoms. The maximum absolute atomic E-state index is 14.2. The molecule has 3 N–H and O–H groups in total.